The van der Waals surface area contributed by atoms with E-state index in [-0.39, 0.29) is 20.0 Å². The second-order valence-corrected chi connectivity index (χ2v) is 10.1. The number of nitrogens with zero attached hydrogens (tertiary/aromatic N) is 1. The van der Waals surface area contributed by atoms with E-state index in [9.17, 15) is 13.2 Å². The quantitative estimate of drug-likeness (QED) is 0.322. The summed E-state index contributed by atoms with van der Waals surface area (Å²) in [6, 6.07) is 9.08. The van der Waals surface area contributed by atoms with Gasteiger partial charge < -0.3 is 4.18 Å². The SMILES string of the molecule is CS(=O)(=O)Oc1ccc(Cl)cc1/C=C1\SC(=S)N(c2ccc(Cl)cc2Cl)C1=O. The van der Waals surface area contributed by atoms with Crippen LogP contribution in [0.15, 0.2) is 41.3 Å². The fraction of sp³-hybridized carbons (Fsp3) is 0.0588. The van der Waals surface area contributed by atoms with Gasteiger partial charge in [0, 0.05) is 15.6 Å². The molecule has 1 aliphatic heterocycles. The molecule has 1 heterocycles. The van der Waals surface area contributed by atoms with Crippen molar-refractivity contribution >= 4 is 90.9 Å². The average molecular weight is 495 g/mol. The molecule has 1 saturated heterocycles. The molecule has 1 aliphatic rings. The van der Waals surface area contributed by atoms with Gasteiger partial charge >= 0.3 is 10.1 Å². The lowest BCUT2D eigenvalue weighted by Crippen LogP contribution is -2.27. The Hall–Kier alpha value is -1.29. The van der Waals surface area contributed by atoms with Gasteiger partial charge in [0.25, 0.3) is 5.91 Å². The highest BCUT2D eigenvalue weighted by atomic mass is 35.5. The molecule has 0 unspecified atom stereocenters. The molecule has 146 valence electrons. The first-order valence-electron chi connectivity index (χ1n) is 7.47. The smallest absolute Gasteiger partial charge is 0.306 e. The zero-order valence-corrected chi connectivity index (χ0v) is 18.7. The highest BCUT2D eigenvalue weighted by Crippen LogP contribution is 2.40. The van der Waals surface area contributed by atoms with Crippen molar-refractivity contribution in [1.29, 1.82) is 0 Å². The zero-order chi connectivity index (χ0) is 20.6. The summed E-state index contributed by atoms with van der Waals surface area (Å²) in [5.74, 6) is -0.369. The number of hydrogen-bond acceptors (Lipinski definition) is 6. The minimum atomic E-state index is -3.76. The Balaban J connectivity index is 2.02. The number of benzene rings is 2. The molecule has 3 rings (SSSR count). The van der Waals surface area contributed by atoms with Crippen molar-refractivity contribution in [3.63, 3.8) is 0 Å². The molecule has 1 amide bonds. The third kappa shape index (κ3) is 4.82. The van der Waals surface area contributed by atoms with Crippen LogP contribution >= 0.6 is 58.8 Å². The van der Waals surface area contributed by atoms with Gasteiger partial charge in [-0.05, 0) is 42.5 Å². The van der Waals surface area contributed by atoms with E-state index < -0.39 is 16.0 Å². The Morgan fingerprint density at radius 2 is 1.75 bits per heavy atom. The summed E-state index contributed by atoms with van der Waals surface area (Å²) in [4.78, 5) is 14.4. The van der Waals surface area contributed by atoms with Gasteiger partial charge in [0.2, 0.25) is 0 Å². The Labute approximate surface area is 186 Å². The molecule has 11 heteroatoms. The lowest BCUT2D eigenvalue weighted by molar-refractivity contribution is -0.113. The zero-order valence-electron chi connectivity index (χ0n) is 14.0. The van der Waals surface area contributed by atoms with Gasteiger partial charge in [-0.2, -0.15) is 8.42 Å². The first-order chi connectivity index (χ1) is 13.0. The number of amides is 1. The largest absolute Gasteiger partial charge is 0.382 e. The van der Waals surface area contributed by atoms with Crippen LogP contribution in [0.1, 0.15) is 5.56 Å². The minimum Gasteiger partial charge on any atom is -0.382 e. The molecule has 0 aromatic heterocycles. The van der Waals surface area contributed by atoms with Crippen molar-refractivity contribution in [3.05, 3.63) is 61.9 Å². The summed E-state index contributed by atoms with van der Waals surface area (Å²) in [5.41, 5.74) is 0.719. The van der Waals surface area contributed by atoms with E-state index in [4.69, 9.17) is 51.2 Å². The Bertz CT molecular complexity index is 1130. The standard InChI is InChI=1S/C17H10Cl3NO4S3/c1-28(23,24)25-14-5-3-10(18)6-9(14)7-15-16(22)21(17(26)27-15)13-4-2-11(19)8-12(13)20/h2-8H,1H3/b15-7-. The topological polar surface area (TPSA) is 63.7 Å². The van der Waals surface area contributed by atoms with Gasteiger partial charge in [0.05, 0.1) is 21.9 Å². The number of carbonyl (C=O) groups excluding carboxylic acids is 1. The molecular weight excluding hydrogens is 485 g/mol. The van der Waals surface area contributed by atoms with Crippen molar-refractivity contribution in [3.8, 4) is 5.75 Å². The fourth-order valence-corrected chi connectivity index (χ4v) is 4.78. The van der Waals surface area contributed by atoms with Crippen molar-refractivity contribution < 1.29 is 17.4 Å². The molecule has 2 aromatic carbocycles. The fourth-order valence-electron chi connectivity index (χ4n) is 2.35. The number of anilines is 1. The molecule has 2 aromatic rings. The van der Waals surface area contributed by atoms with E-state index in [2.05, 4.69) is 0 Å². The monoisotopic (exact) mass is 493 g/mol. The van der Waals surface area contributed by atoms with Gasteiger partial charge in [-0.3, -0.25) is 9.69 Å². The summed E-state index contributed by atoms with van der Waals surface area (Å²) in [7, 11) is -3.76. The number of rotatable bonds is 4. The molecule has 28 heavy (non-hydrogen) atoms. The van der Waals surface area contributed by atoms with Crippen molar-refractivity contribution in [2.24, 2.45) is 0 Å². The first kappa shape index (κ1) is 21.4. The third-order valence-corrected chi connectivity index (χ3v) is 6.00. The lowest BCUT2D eigenvalue weighted by atomic mass is 10.2. The van der Waals surface area contributed by atoms with Gasteiger partial charge in [-0.15, -0.1) is 0 Å². The summed E-state index contributed by atoms with van der Waals surface area (Å²) in [6.45, 7) is 0. The lowest BCUT2D eigenvalue weighted by Gasteiger charge is -2.16. The summed E-state index contributed by atoms with van der Waals surface area (Å²) < 4.78 is 28.2. The maximum Gasteiger partial charge on any atom is 0.306 e. The molecule has 0 N–H and O–H groups in total. The number of carbonyl (C=O) groups is 1. The van der Waals surface area contributed by atoms with Crippen molar-refractivity contribution in [2.45, 2.75) is 0 Å². The number of thiocarbonyl (C=S) groups is 1. The molecule has 0 atom stereocenters. The predicted octanol–water partition coefficient (Wildman–Crippen LogP) is 5.39. The third-order valence-electron chi connectivity index (χ3n) is 3.44. The molecule has 0 bridgehead atoms. The van der Waals surface area contributed by atoms with Crippen LogP contribution in [0, 0.1) is 0 Å². The normalized spacial score (nSPS) is 16.1. The molecule has 0 radical (unpaired) electrons. The number of thioether (sulfide) groups is 1. The van der Waals surface area contributed by atoms with E-state index in [1.165, 1.54) is 35.2 Å². The number of halogens is 3. The Kier molecular flexibility index (Phi) is 6.29. The molecule has 1 fully saturated rings. The van der Waals surface area contributed by atoms with Crippen LogP contribution in [0.3, 0.4) is 0 Å². The first-order valence-corrected chi connectivity index (χ1v) is 11.6. The maximum absolute atomic E-state index is 12.9. The van der Waals surface area contributed by atoms with E-state index in [0.717, 1.165) is 18.0 Å². The van der Waals surface area contributed by atoms with Crippen LogP contribution in [0.2, 0.25) is 15.1 Å². The van der Waals surface area contributed by atoms with Gasteiger partial charge in [0.1, 0.15) is 5.75 Å². The molecular formula is C17H10Cl3NO4S3. The second-order valence-electron chi connectivity index (χ2n) is 5.58. The summed E-state index contributed by atoms with van der Waals surface area (Å²) in [5, 5.41) is 1.05. The van der Waals surface area contributed by atoms with Crippen LogP contribution in [0.25, 0.3) is 6.08 Å². The van der Waals surface area contributed by atoms with Crippen LogP contribution in [0.4, 0.5) is 5.69 Å². The highest BCUT2D eigenvalue weighted by molar-refractivity contribution is 8.27. The predicted molar refractivity (Wildman–Crippen MR) is 119 cm³/mol. The Morgan fingerprint density at radius 3 is 2.39 bits per heavy atom. The molecule has 0 saturated carbocycles. The molecule has 0 aliphatic carbocycles. The maximum atomic E-state index is 12.9. The summed E-state index contributed by atoms with van der Waals surface area (Å²) in [6.07, 6.45) is 2.39. The van der Waals surface area contributed by atoms with Gasteiger partial charge in [-0.25, -0.2) is 0 Å². The highest BCUT2D eigenvalue weighted by Gasteiger charge is 2.34. The van der Waals surface area contributed by atoms with Gasteiger partial charge in [0.15, 0.2) is 4.32 Å². The van der Waals surface area contributed by atoms with E-state index in [0.29, 0.717) is 21.3 Å². The van der Waals surface area contributed by atoms with Gasteiger partial charge in [-0.1, -0.05) is 58.8 Å². The molecule has 0 spiro atoms. The average Bonchev–Trinajstić information content (AvgIpc) is 2.83. The minimum absolute atomic E-state index is 0.0432. The van der Waals surface area contributed by atoms with Crippen LogP contribution in [0.5, 0.6) is 5.75 Å². The van der Waals surface area contributed by atoms with Crippen molar-refractivity contribution in [1.82, 2.24) is 0 Å². The van der Waals surface area contributed by atoms with Crippen molar-refractivity contribution in [2.75, 3.05) is 11.2 Å². The van der Waals surface area contributed by atoms with Crippen LogP contribution in [-0.2, 0) is 14.9 Å². The molecule has 5 nitrogen and oxygen atoms in total. The van der Waals surface area contributed by atoms with E-state index in [1.807, 2.05) is 0 Å². The van der Waals surface area contributed by atoms with Crippen LogP contribution in [-0.4, -0.2) is 24.9 Å². The van der Waals surface area contributed by atoms with E-state index >= 15 is 0 Å². The Morgan fingerprint density at radius 1 is 1.11 bits per heavy atom. The second kappa shape index (κ2) is 8.22. The van der Waals surface area contributed by atoms with E-state index in [1.54, 1.807) is 12.1 Å². The summed E-state index contributed by atoms with van der Waals surface area (Å²) >= 11 is 24.5. The van der Waals surface area contributed by atoms with Crippen LogP contribution < -0.4 is 9.08 Å². The number of hydrogen-bond donors (Lipinski definition) is 0.